The van der Waals surface area contributed by atoms with Crippen LogP contribution in [0.2, 0.25) is 0 Å². The normalized spacial score (nSPS) is 10.8. The van der Waals surface area contributed by atoms with E-state index in [1.165, 1.54) is 62.8 Å². The van der Waals surface area contributed by atoms with Crippen molar-refractivity contribution in [2.45, 2.75) is 6.54 Å². The first kappa shape index (κ1) is 29.9. The Morgan fingerprint density at radius 2 is 1.40 bits per heavy atom. The van der Waals surface area contributed by atoms with Crippen LogP contribution in [0.25, 0.3) is 0 Å². The number of hydrogen-bond acceptors (Lipinski definition) is 9. The first-order chi connectivity index (χ1) is 18.9. The molecular formula is C27H27FN2O9S. The number of halogens is 1. The van der Waals surface area contributed by atoms with Gasteiger partial charge < -0.3 is 24.3 Å². The predicted octanol–water partition coefficient (Wildman–Crippen LogP) is 3.63. The lowest BCUT2D eigenvalue weighted by Crippen LogP contribution is -2.32. The lowest BCUT2D eigenvalue weighted by atomic mass is 10.1. The second-order valence-electron chi connectivity index (χ2n) is 8.32. The topological polar surface area (TPSA) is 138 Å². The first-order valence-corrected chi connectivity index (χ1v) is 13.4. The van der Waals surface area contributed by atoms with Gasteiger partial charge in [-0.25, -0.2) is 22.4 Å². The van der Waals surface area contributed by atoms with Crippen LogP contribution in [0.5, 0.6) is 11.5 Å². The van der Waals surface area contributed by atoms with Crippen LogP contribution in [0.1, 0.15) is 36.6 Å². The van der Waals surface area contributed by atoms with Gasteiger partial charge in [0, 0.05) is 17.3 Å². The van der Waals surface area contributed by atoms with Gasteiger partial charge in [0.25, 0.3) is 5.91 Å². The first-order valence-electron chi connectivity index (χ1n) is 11.5. The molecule has 0 spiro atoms. The molecule has 0 saturated heterocycles. The Balaban J connectivity index is 2.18. The van der Waals surface area contributed by atoms with Gasteiger partial charge in [0.15, 0.2) is 11.5 Å². The minimum Gasteiger partial charge on any atom is -0.493 e. The molecule has 0 heterocycles. The molecule has 0 atom stereocenters. The van der Waals surface area contributed by atoms with E-state index in [0.29, 0.717) is 0 Å². The van der Waals surface area contributed by atoms with Gasteiger partial charge in [0.1, 0.15) is 5.82 Å². The molecule has 11 nitrogen and oxygen atoms in total. The molecule has 212 valence electrons. The third kappa shape index (κ3) is 6.67. The van der Waals surface area contributed by atoms with E-state index in [2.05, 4.69) is 5.32 Å². The molecule has 3 aromatic carbocycles. The molecule has 40 heavy (non-hydrogen) atoms. The van der Waals surface area contributed by atoms with E-state index in [1.54, 1.807) is 6.07 Å². The number of rotatable bonds is 10. The number of benzene rings is 3. The third-order valence-electron chi connectivity index (χ3n) is 5.72. The monoisotopic (exact) mass is 574 g/mol. The zero-order valence-electron chi connectivity index (χ0n) is 22.3. The molecule has 0 radical (unpaired) electrons. The van der Waals surface area contributed by atoms with Crippen molar-refractivity contribution in [3.63, 3.8) is 0 Å². The highest BCUT2D eigenvalue weighted by molar-refractivity contribution is 7.92. The van der Waals surface area contributed by atoms with Gasteiger partial charge >= 0.3 is 11.9 Å². The fourth-order valence-electron chi connectivity index (χ4n) is 3.79. The maximum absolute atomic E-state index is 14.5. The lowest BCUT2D eigenvalue weighted by Gasteiger charge is -2.26. The number of hydrogen-bond donors (Lipinski definition) is 1. The van der Waals surface area contributed by atoms with Crippen LogP contribution in [0.15, 0.2) is 54.6 Å². The minimum atomic E-state index is -4.08. The van der Waals surface area contributed by atoms with Crippen molar-refractivity contribution < 1.29 is 46.1 Å². The van der Waals surface area contributed by atoms with Crippen LogP contribution < -0.4 is 19.1 Å². The fraction of sp³-hybridized carbons (Fsp3) is 0.222. The number of sulfonamides is 1. The van der Waals surface area contributed by atoms with Crippen molar-refractivity contribution in [2.75, 3.05) is 44.3 Å². The van der Waals surface area contributed by atoms with Crippen molar-refractivity contribution >= 4 is 39.2 Å². The molecule has 0 aliphatic rings. The number of nitrogens with one attached hydrogen (secondary N) is 1. The molecule has 0 bridgehead atoms. The van der Waals surface area contributed by atoms with Gasteiger partial charge in [-0.15, -0.1) is 0 Å². The van der Waals surface area contributed by atoms with Gasteiger partial charge in [-0.3, -0.25) is 9.10 Å². The molecule has 0 aromatic heterocycles. The van der Waals surface area contributed by atoms with E-state index >= 15 is 0 Å². The summed E-state index contributed by atoms with van der Waals surface area (Å²) in [5.41, 5.74) is -0.367. The maximum atomic E-state index is 14.5. The second-order valence-corrected chi connectivity index (χ2v) is 10.2. The molecule has 0 aliphatic heterocycles. The number of esters is 2. The summed E-state index contributed by atoms with van der Waals surface area (Å²) in [6, 6.07) is 11.9. The lowest BCUT2D eigenvalue weighted by molar-refractivity contribution is 0.0598. The van der Waals surface area contributed by atoms with Gasteiger partial charge in [0.05, 0.1) is 63.6 Å². The van der Waals surface area contributed by atoms with E-state index in [0.717, 1.165) is 24.8 Å². The third-order valence-corrected chi connectivity index (χ3v) is 6.85. The Hall–Kier alpha value is -4.65. The zero-order chi connectivity index (χ0) is 29.6. The molecule has 1 N–H and O–H groups in total. The Labute approximate surface area is 230 Å². The summed E-state index contributed by atoms with van der Waals surface area (Å²) in [4.78, 5) is 38.0. The highest BCUT2D eigenvalue weighted by Gasteiger charge is 2.28. The molecule has 3 aromatic rings. The summed E-state index contributed by atoms with van der Waals surface area (Å²) >= 11 is 0. The Bertz CT molecular complexity index is 1520. The van der Waals surface area contributed by atoms with Crippen LogP contribution in [0, 0.1) is 5.82 Å². The number of nitrogens with zero attached hydrogens (tertiary/aromatic N) is 1. The molecule has 3 rings (SSSR count). The highest BCUT2D eigenvalue weighted by Crippen LogP contribution is 2.37. The number of anilines is 2. The Kier molecular flexibility index (Phi) is 9.32. The molecule has 0 fully saturated rings. The fourth-order valence-corrected chi connectivity index (χ4v) is 4.67. The largest absolute Gasteiger partial charge is 0.493 e. The summed E-state index contributed by atoms with van der Waals surface area (Å²) in [6.45, 7) is -0.439. The van der Waals surface area contributed by atoms with E-state index in [-0.39, 0.29) is 45.1 Å². The molecular weight excluding hydrogens is 547 g/mol. The standard InChI is InChI=1S/C27H27FN2O9S/c1-36-23-13-20(25(31)29-19-11-17(26(32)38-3)10-18(12-19)27(33)39-4)22(14-24(23)37-2)30(40(5,34)35)15-16-8-6-7-9-21(16)28/h6-14H,15H2,1-5H3,(H,29,31). The van der Waals surface area contributed by atoms with Crippen LogP contribution in [-0.4, -0.2) is 61.0 Å². The number of methoxy groups -OCH3 is 4. The second kappa shape index (κ2) is 12.5. The number of carbonyl (C=O) groups excluding carboxylic acids is 3. The molecule has 13 heteroatoms. The number of amides is 1. The molecule has 1 amide bonds. The summed E-state index contributed by atoms with van der Waals surface area (Å²) in [6.07, 6.45) is 0.911. The maximum Gasteiger partial charge on any atom is 0.337 e. The minimum absolute atomic E-state index is 0.00837. The zero-order valence-corrected chi connectivity index (χ0v) is 23.1. The van der Waals surface area contributed by atoms with Crippen LogP contribution in [-0.2, 0) is 26.0 Å². The van der Waals surface area contributed by atoms with E-state index in [1.807, 2.05) is 0 Å². The van der Waals surface area contributed by atoms with Crippen molar-refractivity contribution in [3.05, 3.63) is 82.7 Å². The SMILES string of the molecule is COC(=O)c1cc(NC(=O)c2cc(OC)c(OC)cc2N(Cc2ccccc2F)S(C)(=O)=O)cc(C(=O)OC)c1. The average molecular weight is 575 g/mol. The Morgan fingerprint density at radius 3 is 1.90 bits per heavy atom. The van der Waals surface area contributed by atoms with E-state index < -0.39 is 40.2 Å². The molecule has 0 saturated carbocycles. The Morgan fingerprint density at radius 1 is 0.850 bits per heavy atom. The highest BCUT2D eigenvalue weighted by atomic mass is 32.2. The van der Waals surface area contributed by atoms with Crippen molar-refractivity contribution in [3.8, 4) is 11.5 Å². The van der Waals surface area contributed by atoms with Crippen LogP contribution in [0.4, 0.5) is 15.8 Å². The number of carbonyl (C=O) groups is 3. The molecule has 0 aliphatic carbocycles. The smallest absolute Gasteiger partial charge is 0.337 e. The van der Waals surface area contributed by atoms with Gasteiger partial charge in [-0.2, -0.15) is 0 Å². The van der Waals surface area contributed by atoms with Gasteiger partial charge in [-0.1, -0.05) is 18.2 Å². The summed E-state index contributed by atoms with van der Waals surface area (Å²) in [5, 5.41) is 2.56. The van der Waals surface area contributed by atoms with Gasteiger partial charge in [0.2, 0.25) is 10.0 Å². The van der Waals surface area contributed by atoms with E-state index in [4.69, 9.17) is 18.9 Å². The summed E-state index contributed by atoms with van der Waals surface area (Å²) in [7, 11) is 0.876. The van der Waals surface area contributed by atoms with Crippen molar-refractivity contribution in [2.24, 2.45) is 0 Å². The summed E-state index contributed by atoms with van der Waals surface area (Å²) in [5.74, 6) is -2.82. The average Bonchev–Trinajstić information content (AvgIpc) is 2.94. The summed E-state index contributed by atoms with van der Waals surface area (Å²) < 4.78 is 61.3. The van der Waals surface area contributed by atoms with Crippen molar-refractivity contribution in [1.29, 1.82) is 0 Å². The van der Waals surface area contributed by atoms with Crippen LogP contribution in [0.3, 0.4) is 0 Å². The quantitative estimate of drug-likeness (QED) is 0.360. The number of ether oxygens (including phenoxy) is 4. The molecule has 0 unspecified atom stereocenters. The van der Waals surface area contributed by atoms with E-state index in [9.17, 15) is 27.2 Å². The van der Waals surface area contributed by atoms with Crippen molar-refractivity contribution in [1.82, 2.24) is 0 Å². The van der Waals surface area contributed by atoms with Crippen LogP contribution >= 0.6 is 0 Å². The predicted molar refractivity (Wildman–Crippen MR) is 144 cm³/mol. The van der Waals surface area contributed by atoms with Gasteiger partial charge in [-0.05, 0) is 30.3 Å².